The number of amides is 2. The van der Waals surface area contributed by atoms with Gasteiger partial charge in [0, 0.05) is 24.9 Å². The highest BCUT2D eigenvalue weighted by molar-refractivity contribution is 5.79. The zero-order chi connectivity index (χ0) is 24.0. The largest absolute Gasteiger partial charge is 0.481 e. The lowest BCUT2D eigenvalue weighted by Gasteiger charge is -2.20. The van der Waals surface area contributed by atoms with E-state index in [9.17, 15) is 14.4 Å². The highest BCUT2D eigenvalue weighted by atomic mass is 16.5. The molecule has 0 heterocycles. The molecule has 33 heavy (non-hydrogen) atoms. The molecule has 2 aromatic rings. The van der Waals surface area contributed by atoms with Gasteiger partial charge in [-0.15, -0.1) is 0 Å². The Kier molecular flexibility index (Phi) is 8.09. The third-order valence-corrected chi connectivity index (χ3v) is 6.14. The van der Waals surface area contributed by atoms with Crippen LogP contribution in [0.25, 0.3) is 11.1 Å². The molecule has 0 saturated heterocycles. The Labute approximate surface area is 194 Å². The smallest absolute Gasteiger partial charge is 0.407 e. The number of ether oxygens (including phenoxy) is 1. The molecule has 0 aliphatic heterocycles. The molecule has 176 valence electrons. The van der Waals surface area contributed by atoms with Crippen LogP contribution in [-0.2, 0) is 14.3 Å². The molecule has 0 spiro atoms. The molecule has 0 fully saturated rings. The Morgan fingerprint density at radius 3 is 2.06 bits per heavy atom. The van der Waals surface area contributed by atoms with Gasteiger partial charge in [0.25, 0.3) is 0 Å². The van der Waals surface area contributed by atoms with Gasteiger partial charge in [-0.2, -0.15) is 0 Å². The predicted molar refractivity (Wildman–Crippen MR) is 126 cm³/mol. The highest BCUT2D eigenvalue weighted by Crippen LogP contribution is 2.44. The molecule has 2 atom stereocenters. The number of carboxylic acid groups (broad SMARTS) is 1. The van der Waals surface area contributed by atoms with Gasteiger partial charge < -0.3 is 20.5 Å². The van der Waals surface area contributed by atoms with E-state index in [-0.39, 0.29) is 43.1 Å². The number of carboxylic acids is 1. The van der Waals surface area contributed by atoms with Crippen LogP contribution >= 0.6 is 0 Å². The van der Waals surface area contributed by atoms with Crippen molar-refractivity contribution in [1.82, 2.24) is 10.6 Å². The molecular formula is C26H32N2O5. The van der Waals surface area contributed by atoms with Crippen LogP contribution in [0.15, 0.2) is 48.5 Å². The van der Waals surface area contributed by atoms with Gasteiger partial charge in [-0.25, -0.2) is 4.79 Å². The summed E-state index contributed by atoms with van der Waals surface area (Å²) in [6.45, 7) is 6.10. The monoisotopic (exact) mass is 452 g/mol. The molecule has 2 amide bonds. The molecule has 7 nitrogen and oxygen atoms in total. The minimum atomic E-state index is -0.881. The number of carbonyl (C=O) groups excluding carboxylic acids is 2. The second-order valence-corrected chi connectivity index (χ2v) is 8.98. The Balaban J connectivity index is 1.47. The number of nitrogens with one attached hydrogen (secondary N) is 2. The molecule has 7 heteroatoms. The molecule has 0 aromatic heterocycles. The number of hydrogen-bond donors (Lipinski definition) is 3. The Bertz CT molecular complexity index is 958. The quantitative estimate of drug-likeness (QED) is 0.502. The Hall–Kier alpha value is -3.35. The fourth-order valence-corrected chi connectivity index (χ4v) is 4.26. The van der Waals surface area contributed by atoms with Crippen LogP contribution in [0.2, 0.25) is 0 Å². The zero-order valence-electron chi connectivity index (χ0n) is 19.3. The van der Waals surface area contributed by atoms with Crippen molar-refractivity contribution in [3.05, 3.63) is 59.7 Å². The fourth-order valence-electron chi connectivity index (χ4n) is 4.26. The Morgan fingerprint density at radius 2 is 1.52 bits per heavy atom. The third kappa shape index (κ3) is 6.34. The minimum absolute atomic E-state index is 0.00546. The first-order valence-electron chi connectivity index (χ1n) is 11.4. The van der Waals surface area contributed by atoms with E-state index in [4.69, 9.17) is 9.84 Å². The van der Waals surface area contributed by atoms with Crippen LogP contribution < -0.4 is 10.6 Å². The Morgan fingerprint density at radius 1 is 0.939 bits per heavy atom. The van der Waals surface area contributed by atoms with Crippen molar-refractivity contribution in [2.24, 2.45) is 11.8 Å². The summed E-state index contributed by atoms with van der Waals surface area (Å²) in [7, 11) is 0. The minimum Gasteiger partial charge on any atom is -0.481 e. The first-order valence-corrected chi connectivity index (χ1v) is 11.4. The van der Waals surface area contributed by atoms with Gasteiger partial charge in [-0.3, -0.25) is 9.59 Å². The van der Waals surface area contributed by atoms with Crippen LogP contribution in [0.4, 0.5) is 4.79 Å². The first kappa shape index (κ1) is 24.3. The standard InChI is InChI=1S/C26H32N2O5/c1-16(2)18(13-25(30)31)14-27-24(29)12-17(3)28-26(32)33-15-23-21-10-6-4-8-19(21)20-9-5-7-11-22(20)23/h4-11,16-18,23H,12-15H2,1-3H3,(H,27,29)(H,28,32)(H,30,31). The summed E-state index contributed by atoms with van der Waals surface area (Å²) in [6.07, 6.45) is -0.476. The normalized spacial score (nSPS) is 14.2. The molecular weight excluding hydrogens is 420 g/mol. The fraction of sp³-hybridized carbons (Fsp3) is 0.423. The van der Waals surface area contributed by atoms with Crippen molar-refractivity contribution in [2.45, 2.75) is 45.6 Å². The number of fused-ring (bicyclic) bond motifs is 3. The summed E-state index contributed by atoms with van der Waals surface area (Å²) in [5.74, 6) is -1.15. The summed E-state index contributed by atoms with van der Waals surface area (Å²) in [5, 5.41) is 14.5. The molecule has 0 saturated carbocycles. The maximum atomic E-state index is 12.4. The van der Waals surface area contributed by atoms with Crippen LogP contribution in [0.1, 0.15) is 50.7 Å². The van der Waals surface area contributed by atoms with Gasteiger partial charge in [-0.05, 0) is 41.0 Å². The van der Waals surface area contributed by atoms with Gasteiger partial charge in [0.2, 0.25) is 5.91 Å². The number of rotatable bonds is 10. The number of benzene rings is 2. The van der Waals surface area contributed by atoms with Crippen LogP contribution in [-0.4, -0.2) is 42.3 Å². The second-order valence-electron chi connectivity index (χ2n) is 8.98. The topological polar surface area (TPSA) is 105 Å². The van der Waals surface area contributed by atoms with Crippen LogP contribution in [0.3, 0.4) is 0 Å². The molecule has 2 aromatic carbocycles. The van der Waals surface area contributed by atoms with Crippen molar-refractivity contribution in [3.63, 3.8) is 0 Å². The summed E-state index contributed by atoms with van der Waals surface area (Å²) in [6, 6.07) is 15.8. The molecule has 3 N–H and O–H groups in total. The summed E-state index contributed by atoms with van der Waals surface area (Å²) >= 11 is 0. The summed E-state index contributed by atoms with van der Waals surface area (Å²) < 4.78 is 5.52. The van der Waals surface area contributed by atoms with Crippen molar-refractivity contribution < 1.29 is 24.2 Å². The van der Waals surface area contributed by atoms with E-state index >= 15 is 0 Å². The van der Waals surface area contributed by atoms with Gasteiger partial charge in [-0.1, -0.05) is 62.4 Å². The maximum Gasteiger partial charge on any atom is 0.407 e. The van der Waals surface area contributed by atoms with E-state index in [0.29, 0.717) is 6.54 Å². The van der Waals surface area contributed by atoms with E-state index in [1.54, 1.807) is 6.92 Å². The third-order valence-electron chi connectivity index (χ3n) is 6.14. The maximum absolute atomic E-state index is 12.4. The number of hydrogen-bond acceptors (Lipinski definition) is 4. The molecule has 0 radical (unpaired) electrons. The number of carbonyl (C=O) groups is 3. The van der Waals surface area contributed by atoms with Crippen molar-refractivity contribution >= 4 is 18.0 Å². The van der Waals surface area contributed by atoms with Gasteiger partial charge in [0.05, 0.1) is 6.42 Å². The van der Waals surface area contributed by atoms with E-state index in [1.165, 1.54) is 0 Å². The molecule has 0 bridgehead atoms. The predicted octanol–water partition coefficient (Wildman–Crippen LogP) is 4.17. The molecule has 1 aliphatic rings. The van der Waals surface area contributed by atoms with Gasteiger partial charge in [0.15, 0.2) is 0 Å². The van der Waals surface area contributed by atoms with Crippen molar-refractivity contribution in [1.29, 1.82) is 0 Å². The van der Waals surface area contributed by atoms with Gasteiger partial charge >= 0.3 is 12.1 Å². The summed E-state index contributed by atoms with van der Waals surface area (Å²) in [4.78, 5) is 35.6. The number of alkyl carbamates (subject to hydrolysis) is 1. The van der Waals surface area contributed by atoms with Gasteiger partial charge in [0.1, 0.15) is 6.61 Å². The van der Waals surface area contributed by atoms with E-state index in [1.807, 2.05) is 38.1 Å². The van der Waals surface area contributed by atoms with E-state index < -0.39 is 18.1 Å². The summed E-state index contributed by atoms with van der Waals surface area (Å²) in [5.41, 5.74) is 4.60. The molecule has 2 unspecified atom stereocenters. The number of aliphatic carboxylic acids is 1. The lowest BCUT2D eigenvalue weighted by molar-refractivity contribution is -0.138. The van der Waals surface area contributed by atoms with Crippen LogP contribution in [0.5, 0.6) is 0 Å². The van der Waals surface area contributed by atoms with Crippen LogP contribution in [0, 0.1) is 11.8 Å². The SMILES string of the molecule is CC(CC(=O)NCC(CC(=O)O)C(C)C)NC(=O)OCC1c2ccccc2-c2ccccc21. The molecule has 3 rings (SSSR count). The van der Waals surface area contributed by atoms with E-state index in [0.717, 1.165) is 22.3 Å². The zero-order valence-corrected chi connectivity index (χ0v) is 19.3. The lowest BCUT2D eigenvalue weighted by Crippen LogP contribution is -2.39. The average Bonchev–Trinajstić information content (AvgIpc) is 3.08. The average molecular weight is 453 g/mol. The van der Waals surface area contributed by atoms with Crippen molar-refractivity contribution in [2.75, 3.05) is 13.2 Å². The van der Waals surface area contributed by atoms with Crippen molar-refractivity contribution in [3.8, 4) is 11.1 Å². The second kappa shape index (κ2) is 11.0. The lowest BCUT2D eigenvalue weighted by atomic mass is 9.92. The molecule has 1 aliphatic carbocycles. The van der Waals surface area contributed by atoms with E-state index in [2.05, 4.69) is 34.9 Å². The highest BCUT2D eigenvalue weighted by Gasteiger charge is 2.29. The first-order chi connectivity index (χ1) is 15.8.